The summed E-state index contributed by atoms with van der Waals surface area (Å²) in [5.74, 6) is 0.330. The average Bonchev–Trinajstić information content (AvgIpc) is 3.31. The predicted molar refractivity (Wildman–Crippen MR) is 122 cm³/mol. The second-order valence-corrected chi connectivity index (χ2v) is 8.88. The summed E-state index contributed by atoms with van der Waals surface area (Å²) in [6.45, 7) is 0.630. The van der Waals surface area contributed by atoms with Crippen molar-refractivity contribution in [3.63, 3.8) is 0 Å². The summed E-state index contributed by atoms with van der Waals surface area (Å²) in [5.41, 5.74) is 3.25. The quantitative estimate of drug-likeness (QED) is 0.400. The molecule has 142 valence electrons. The molecule has 0 saturated heterocycles. The van der Waals surface area contributed by atoms with Crippen molar-refractivity contribution in [1.82, 2.24) is 0 Å². The third-order valence-corrected chi connectivity index (χ3v) is 6.97. The third-order valence-electron chi connectivity index (χ3n) is 4.81. The molecule has 5 heteroatoms. The van der Waals surface area contributed by atoms with E-state index in [1.807, 2.05) is 24.3 Å². The van der Waals surface area contributed by atoms with Crippen LogP contribution < -0.4 is 9.88 Å². The molecule has 1 aliphatic rings. The first-order valence-electron chi connectivity index (χ1n) is 9.38. The van der Waals surface area contributed by atoms with Gasteiger partial charge in [-0.15, -0.1) is 0 Å². The van der Waals surface area contributed by atoms with Crippen LogP contribution in [0.15, 0.2) is 94.9 Å². The number of anilines is 1. The number of nitrogens with zero attached hydrogens (tertiary/aromatic N) is 1. The highest BCUT2D eigenvalue weighted by Crippen LogP contribution is 2.40. The summed E-state index contributed by atoms with van der Waals surface area (Å²) in [4.78, 5) is 1.25. The van der Waals surface area contributed by atoms with Gasteiger partial charge in [-0.2, -0.15) is 4.57 Å². The van der Waals surface area contributed by atoms with Gasteiger partial charge in [0.1, 0.15) is 10.4 Å². The number of aromatic nitrogens is 1. The SMILES string of the molecule is Oc1ccccc1C[n+]1c(C=CC=C2Nc3ccccc3S2)sc2ccccc21. The van der Waals surface area contributed by atoms with E-state index in [1.54, 1.807) is 29.2 Å². The van der Waals surface area contributed by atoms with Crippen molar-refractivity contribution >= 4 is 45.1 Å². The molecule has 0 unspecified atom stereocenters. The van der Waals surface area contributed by atoms with Gasteiger partial charge in [-0.3, -0.25) is 0 Å². The van der Waals surface area contributed by atoms with E-state index in [-0.39, 0.29) is 0 Å². The summed E-state index contributed by atoms with van der Waals surface area (Å²) >= 11 is 3.50. The minimum Gasteiger partial charge on any atom is -0.507 e. The van der Waals surface area contributed by atoms with Gasteiger partial charge in [0.05, 0.1) is 16.3 Å². The van der Waals surface area contributed by atoms with Crippen LogP contribution in [0.3, 0.4) is 0 Å². The zero-order valence-electron chi connectivity index (χ0n) is 15.6. The van der Waals surface area contributed by atoms with Crippen molar-refractivity contribution in [2.45, 2.75) is 11.4 Å². The molecule has 1 aromatic heterocycles. The van der Waals surface area contributed by atoms with Gasteiger partial charge in [0.2, 0.25) is 5.52 Å². The maximum atomic E-state index is 10.2. The van der Waals surface area contributed by atoms with E-state index in [2.05, 4.69) is 70.6 Å². The molecule has 2 N–H and O–H groups in total. The number of thioether (sulfide) groups is 1. The Labute approximate surface area is 177 Å². The van der Waals surface area contributed by atoms with E-state index in [4.69, 9.17) is 0 Å². The second kappa shape index (κ2) is 7.78. The first kappa shape index (κ1) is 18.0. The fourth-order valence-electron chi connectivity index (χ4n) is 3.38. The molecule has 4 aromatic rings. The first-order chi connectivity index (χ1) is 14.3. The van der Waals surface area contributed by atoms with Gasteiger partial charge in [0.25, 0.3) is 5.01 Å². The largest absolute Gasteiger partial charge is 0.507 e. The number of thiazole rings is 1. The lowest BCUT2D eigenvalue weighted by atomic mass is 10.2. The van der Waals surface area contributed by atoms with Crippen molar-refractivity contribution < 1.29 is 9.67 Å². The van der Waals surface area contributed by atoms with Gasteiger partial charge in [0, 0.05) is 17.0 Å². The van der Waals surface area contributed by atoms with Crippen molar-refractivity contribution in [3.05, 3.63) is 101 Å². The number of benzene rings is 3. The predicted octanol–water partition coefficient (Wildman–Crippen LogP) is 6.02. The Morgan fingerprint density at radius 2 is 1.72 bits per heavy atom. The van der Waals surface area contributed by atoms with Crippen LogP contribution in [0.25, 0.3) is 16.3 Å². The lowest BCUT2D eigenvalue weighted by molar-refractivity contribution is -0.659. The van der Waals surface area contributed by atoms with Crippen LogP contribution in [-0.4, -0.2) is 5.11 Å². The smallest absolute Gasteiger partial charge is 0.263 e. The zero-order valence-corrected chi connectivity index (χ0v) is 17.2. The number of hydrogen-bond donors (Lipinski definition) is 2. The molecule has 0 bridgehead atoms. The van der Waals surface area contributed by atoms with Gasteiger partial charge < -0.3 is 10.4 Å². The Balaban J connectivity index is 1.46. The molecule has 2 heterocycles. The third kappa shape index (κ3) is 3.67. The fraction of sp³-hybridized carbons (Fsp3) is 0.0417. The van der Waals surface area contributed by atoms with Crippen molar-refractivity contribution in [1.29, 1.82) is 0 Å². The van der Waals surface area contributed by atoms with E-state index in [9.17, 15) is 5.11 Å². The van der Waals surface area contributed by atoms with E-state index in [0.29, 0.717) is 12.3 Å². The van der Waals surface area contributed by atoms with Crippen molar-refractivity contribution in [3.8, 4) is 5.75 Å². The van der Waals surface area contributed by atoms with Crippen LogP contribution in [-0.2, 0) is 6.54 Å². The minimum absolute atomic E-state index is 0.330. The van der Waals surface area contributed by atoms with E-state index in [0.717, 1.165) is 21.3 Å². The molecule has 29 heavy (non-hydrogen) atoms. The molecular weight excluding hydrogens is 396 g/mol. The molecule has 3 aromatic carbocycles. The average molecular weight is 416 g/mol. The molecule has 5 rings (SSSR count). The van der Waals surface area contributed by atoms with Crippen LogP contribution >= 0.6 is 23.1 Å². The van der Waals surface area contributed by atoms with E-state index >= 15 is 0 Å². The van der Waals surface area contributed by atoms with Gasteiger partial charge >= 0.3 is 0 Å². The fourth-order valence-corrected chi connectivity index (χ4v) is 5.38. The van der Waals surface area contributed by atoms with E-state index in [1.165, 1.54) is 15.1 Å². The zero-order chi connectivity index (χ0) is 19.6. The lowest BCUT2D eigenvalue weighted by Gasteiger charge is -2.01. The number of fused-ring (bicyclic) bond motifs is 2. The number of rotatable bonds is 4. The molecule has 0 amide bonds. The first-order valence-corrected chi connectivity index (χ1v) is 11.0. The molecule has 0 aliphatic carbocycles. The molecule has 3 nitrogen and oxygen atoms in total. The number of hydrogen-bond acceptors (Lipinski definition) is 4. The highest BCUT2D eigenvalue weighted by Gasteiger charge is 2.20. The summed E-state index contributed by atoms with van der Waals surface area (Å²) in [7, 11) is 0. The summed E-state index contributed by atoms with van der Waals surface area (Å²) in [6.07, 6.45) is 6.34. The van der Waals surface area contributed by atoms with Gasteiger partial charge in [-0.25, -0.2) is 0 Å². The molecule has 0 spiro atoms. The molecule has 1 aliphatic heterocycles. The second-order valence-electron chi connectivity index (χ2n) is 6.74. The Bertz CT molecular complexity index is 1230. The highest BCUT2D eigenvalue weighted by molar-refractivity contribution is 8.03. The molecule has 0 radical (unpaired) electrons. The van der Waals surface area contributed by atoms with Gasteiger partial charge in [-0.1, -0.05) is 65.6 Å². The lowest BCUT2D eigenvalue weighted by Crippen LogP contribution is -2.35. The van der Waals surface area contributed by atoms with E-state index < -0.39 is 0 Å². The topological polar surface area (TPSA) is 36.1 Å². The minimum atomic E-state index is 0.330. The maximum absolute atomic E-state index is 10.2. The van der Waals surface area contributed by atoms with Crippen LogP contribution in [0.2, 0.25) is 0 Å². The molecular formula is C24H19N2OS2+. The summed E-state index contributed by atoms with van der Waals surface area (Å²) in [6, 6.07) is 24.3. The monoisotopic (exact) mass is 415 g/mol. The Kier molecular flexibility index (Phi) is 4.84. The number of nitrogens with one attached hydrogen (secondary N) is 1. The Morgan fingerprint density at radius 3 is 2.62 bits per heavy atom. The highest BCUT2D eigenvalue weighted by atomic mass is 32.2. The van der Waals surface area contributed by atoms with Crippen LogP contribution in [0.5, 0.6) is 5.75 Å². The summed E-state index contributed by atoms with van der Waals surface area (Å²) < 4.78 is 3.49. The summed E-state index contributed by atoms with van der Waals surface area (Å²) in [5, 5.41) is 15.9. The molecule has 0 saturated carbocycles. The van der Waals surface area contributed by atoms with Crippen LogP contribution in [0.1, 0.15) is 10.6 Å². The molecule has 0 fully saturated rings. The van der Waals surface area contributed by atoms with Crippen LogP contribution in [0, 0.1) is 0 Å². The number of allylic oxidation sites excluding steroid dienone is 2. The standard InChI is InChI=1S/C24H18N2OS2/c27-20-11-4-1-8-17(20)16-26-19-10-3-6-13-22(19)29-24(26)15-7-14-23-25-18-9-2-5-12-21(18)28-23/h1-15,27H,16H2/p+1. The normalized spacial score (nSPS) is 14.6. The van der Waals surface area contributed by atoms with Crippen molar-refractivity contribution in [2.75, 3.05) is 5.32 Å². The number of phenols is 1. The Hall–Kier alpha value is -3.02. The van der Waals surface area contributed by atoms with Crippen molar-refractivity contribution in [2.24, 2.45) is 0 Å². The Morgan fingerprint density at radius 1 is 0.931 bits per heavy atom. The van der Waals surface area contributed by atoms with Gasteiger partial charge in [0.15, 0.2) is 6.54 Å². The number of aromatic hydroxyl groups is 1. The van der Waals surface area contributed by atoms with Crippen LogP contribution in [0.4, 0.5) is 5.69 Å². The maximum Gasteiger partial charge on any atom is 0.263 e. The van der Waals surface area contributed by atoms with Gasteiger partial charge in [-0.05, 0) is 36.4 Å². The number of phenolic OH excluding ortho intramolecular Hbond substituents is 1. The molecule has 0 atom stereocenters. The number of para-hydroxylation sites is 3.